The molecule has 2 aromatic rings. The number of rotatable bonds is 4. The molecule has 0 radical (unpaired) electrons. The molecular formula is C17H21N5O. The summed E-state index contributed by atoms with van der Waals surface area (Å²) in [5.74, 6) is 3.02. The van der Waals surface area contributed by atoms with Crippen LogP contribution in [0.3, 0.4) is 0 Å². The quantitative estimate of drug-likeness (QED) is 0.860. The summed E-state index contributed by atoms with van der Waals surface area (Å²) in [5.41, 5.74) is 0.852. The molecule has 0 N–H and O–H groups in total. The van der Waals surface area contributed by atoms with Crippen LogP contribution in [-0.2, 0) is 6.54 Å². The molecule has 1 saturated heterocycles. The Kier molecular flexibility index (Phi) is 3.59. The van der Waals surface area contributed by atoms with Crippen molar-refractivity contribution in [2.45, 2.75) is 38.6 Å². The molecule has 0 atom stereocenters. The Labute approximate surface area is 135 Å². The van der Waals surface area contributed by atoms with Gasteiger partial charge in [0, 0.05) is 37.2 Å². The van der Waals surface area contributed by atoms with E-state index in [1.807, 2.05) is 19.2 Å². The van der Waals surface area contributed by atoms with Crippen molar-refractivity contribution >= 4 is 5.82 Å². The van der Waals surface area contributed by atoms with Crippen LogP contribution in [0, 0.1) is 12.8 Å². The van der Waals surface area contributed by atoms with Crippen LogP contribution in [0.25, 0.3) is 0 Å². The lowest BCUT2D eigenvalue weighted by atomic mass is 9.85. The standard InChI is InChI=1S/C17H21N5O/c1-12-5-6-16(23)22(20-12)11-13-9-21(10-13)15-7-8-18-17(19-15)14-3-2-4-14/h5-8,13-14H,2-4,9-11H2,1H3. The predicted octanol–water partition coefficient (Wildman–Crippen LogP) is 1.75. The molecule has 1 aliphatic carbocycles. The van der Waals surface area contributed by atoms with Crippen molar-refractivity contribution in [1.82, 2.24) is 19.7 Å². The lowest BCUT2D eigenvalue weighted by Crippen LogP contribution is -2.50. The Balaban J connectivity index is 1.39. The Morgan fingerprint density at radius 2 is 2.04 bits per heavy atom. The van der Waals surface area contributed by atoms with Crippen molar-refractivity contribution in [3.05, 3.63) is 46.3 Å². The Morgan fingerprint density at radius 3 is 2.78 bits per heavy atom. The lowest BCUT2D eigenvalue weighted by molar-refractivity contribution is 0.330. The Hall–Kier alpha value is -2.24. The van der Waals surface area contributed by atoms with Gasteiger partial charge in [0.15, 0.2) is 0 Å². The van der Waals surface area contributed by atoms with Gasteiger partial charge in [-0.25, -0.2) is 14.6 Å². The van der Waals surface area contributed by atoms with Crippen molar-refractivity contribution in [2.75, 3.05) is 18.0 Å². The van der Waals surface area contributed by atoms with E-state index in [0.717, 1.165) is 30.4 Å². The monoisotopic (exact) mass is 311 g/mol. The first kappa shape index (κ1) is 14.4. The van der Waals surface area contributed by atoms with Crippen LogP contribution >= 0.6 is 0 Å². The van der Waals surface area contributed by atoms with E-state index in [9.17, 15) is 4.79 Å². The summed E-state index contributed by atoms with van der Waals surface area (Å²) < 4.78 is 1.58. The second-order valence-corrected chi connectivity index (χ2v) is 6.67. The number of hydrogen-bond acceptors (Lipinski definition) is 5. The first-order valence-corrected chi connectivity index (χ1v) is 8.32. The summed E-state index contributed by atoms with van der Waals surface area (Å²) in [7, 11) is 0. The maximum absolute atomic E-state index is 11.8. The largest absolute Gasteiger partial charge is 0.356 e. The molecule has 120 valence electrons. The first-order chi connectivity index (χ1) is 11.2. The molecule has 2 aliphatic rings. The van der Waals surface area contributed by atoms with E-state index in [0.29, 0.717) is 18.4 Å². The average Bonchev–Trinajstić information content (AvgIpc) is 2.44. The zero-order valence-electron chi connectivity index (χ0n) is 13.4. The van der Waals surface area contributed by atoms with E-state index in [2.05, 4.69) is 15.0 Å². The Bertz CT molecular complexity index is 762. The van der Waals surface area contributed by atoms with Gasteiger partial charge in [0.05, 0.1) is 12.2 Å². The van der Waals surface area contributed by atoms with Gasteiger partial charge in [-0.15, -0.1) is 0 Å². The van der Waals surface area contributed by atoms with Gasteiger partial charge < -0.3 is 4.90 Å². The molecule has 3 heterocycles. The summed E-state index contributed by atoms with van der Waals surface area (Å²) in [6.07, 6.45) is 5.60. The zero-order chi connectivity index (χ0) is 15.8. The van der Waals surface area contributed by atoms with Crippen LogP contribution in [0.15, 0.2) is 29.2 Å². The van der Waals surface area contributed by atoms with Crippen molar-refractivity contribution in [3.63, 3.8) is 0 Å². The van der Waals surface area contributed by atoms with Crippen LogP contribution in [-0.4, -0.2) is 32.8 Å². The minimum Gasteiger partial charge on any atom is -0.356 e. The maximum Gasteiger partial charge on any atom is 0.266 e. The highest BCUT2D eigenvalue weighted by molar-refractivity contribution is 5.41. The molecule has 6 heteroatoms. The van der Waals surface area contributed by atoms with E-state index in [1.165, 1.54) is 19.3 Å². The second kappa shape index (κ2) is 5.76. The number of aromatic nitrogens is 4. The van der Waals surface area contributed by atoms with Crippen LogP contribution in [0.2, 0.25) is 0 Å². The van der Waals surface area contributed by atoms with Gasteiger partial charge in [-0.05, 0) is 31.9 Å². The highest BCUT2D eigenvalue weighted by Gasteiger charge is 2.30. The molecular weight excluding hydrogens is 290 g/mol. The molecule has 0 spiro atoms. The van der Waals surface area contributed by atoms with Crippen molar-refractivity contribution in [2.24, 2.45) is 5.92 Å². The van der Waals surface area contributed by atoms with Crippen LogP contribution in [0.5, 0.6) is 0 Å². The van der Waals surface area contributed by atoms with Crippen molar-refractivity contribution in [1.29, 1.82) is 0 Å². The average molecular weight is 311 g/mol. The van der Waals surface area contributed by atoms with Gasteiger partial charge in [0.25, 0.3) is 5.56 Å². The topological polar surface area (TPSA) is 63.9 Å². The third-order valence-electron chi connectivity index (χ3n) is 4.84. The molecule has 0 amide bonds. The van der Waals surface area contributed by atoms with Crippen LogP contribution < -0.4 is 10.5 Å². The number of hydrogen-bond donors (Lipinski definition) is 0. The molecule has 2 fully saturated rings. The summed E-state index contributed by atoms with van der Waals surface area (Å²) in [5, 5.41) is 4.31. The summed E-state index contributed by atoms with van der Waals surface area (Å²) in [6, 6.07) is 5.33. The van der Waals surface area contributed by atoms with E-state index < -0.39 is 0 Å². The fourth-order valence-electron chi connectivity index (χ4n) is 3.20. The first-order valence-electron chi connectivity index (χ1n) is 8.32. The number of aryl methyl sites for hydroxylation is 1. The van der Waals surface area contributed by atoms with Gasteiger partial charge in [-0.1, -0.05) is 6.42 Å². The van der Waals surface area contributed by atoms with Crippen LogP contribution in [0.1, 0.15) is 36.7 Å². The Morgan fingerprint density at radius 1 is 1.22 bits per heavy atom. The van der Waals surface area contributed by atoms with Gasteiger partial charge in [-0.2, -0.15) is 5.10 Å². The van der Waals surface area contributed by atoms with E-state index in [-0.39, 0.29) is 5.56 Å². The molecule has 4 rings (SSSR count). The van der Waals surface area contributed by atoms with Gasteiger partial charge >= 0.3 is 0 Å². The van der Waals surface area contributed by atoms with Gasteiger partial charge in [-0.3, -0.25) is 4.79 Å². The highest BCUT2D eigenvalue weighted by atomic mass is 16.1. The maximum atomic E-state index is 11.8. The summed E-state index contributed by atoms with van der Waals surface area (Å²) in [4.78, 5) is 23.2. The highest BCUT2D eigenvalue weighted by Crippen LogP contribution is 2.35. The van der Waals surface area contributed by atoms with Crippen molar-refractivity contribution < 1.29 is 0 Å². The number of nitrogens with zero attached hydrogens (tertiary/aromatic N) is 5. The minimum absolute atomic E-state index is 0.0247. The molecule has 0 unspecified atom stereocenters. The SMILES string of the molecule is Cc1ccc(=O)n(CC2CN(c3ccnc(C4CCC4)n3)C2)n1. The molecule has 1 aliphatic heterocycles. The van der Waals surface area contributed by atoms with Crippen LogP contribution in [0.4, 0.5) is 5.82 Å². The minimum atomic E-state index is -0.0247. The fourth-order valence-corrected chi connectivity index (χ4v) is 3.20. The molecule has 1 saturated carbocycles. The van der Waals surface area contributed by atoms with E-state index in [1.54, 1.807) is 16.8 Å². The van der Waals surface area contributed by atoms with Gasteiger partial charge in [0.2, 0.25) is 0 Å². The molecule has 2 aromatic heterocycles. The molecule has 23 heavy (non-hydrogen) atoms. The fraction of sp³-hybridized carbons (Fsp3) is 0.529. The molecule has 0 bridgehead atoms. The smallest absolute Gasteiger partial charge is 0.266 e. The van der Waals surface area contributed by atoms with E-state index >= 15 is 0 Å². The third-order valence-corrected chi connectivity index (χ3v) is 4.84. The summed E-state index contributed by atoms with van der Waals surface area (Å²) in [6.45, 7) is 4.43. The normalized spacial score (nSPS) is 18.6. The predicted molar refractivity (Wildman–Crippen MR) is 87.6 cm³/mol. The lowest BCUT2D eigenvalue weighted by Gasteiger charge is -2.40. The summed E-state index contributed by atoms with van der Waals surface area (Å²) >= 11 is 0. The molecule has 6 nitrogen and oxygen atoms in total. The zero-order valence-corrected chi connectivity index (χ0v) is 13.4. The van der Waals surface area contributed by atoms with E-state index in [4.69, 9.17) is 4.98 Å². The second-order valence-electron chi connectivity index (χ2n) is 6.67. The number of anilines is 1. The van der Waals surface area contributed by atoms with Gasteiger partial charge in [0.1, 0.15) is 11.6 Å². The third kappa shape index (κ3) is 2.85. The molecule has 0 aromatic carbocycles. The van der Waals surface area contributed by atoms with Crippen molar-refractivity contribution in [3.8, 4) is 0 Å².